The molecular weight excluding hydrogens is 318 g/mol. The summed E-state index contributed by atoms with van der Waals surface area (Å²) in [6.45, 7) is -0.142. The third-order valence-electron chi connectivity index (χ3n) is 2.17. The minimum atomic E-state index is -1.59. The predicted molar refractivity (Wildman–Crippen MR) is 70.9 cm³/mol. The van der Waals surface area contributed by atoms with Crippen LogP contribution in [-0.2, 0) is 9.59 Å². The van der Waals surface area contributed by atoms with Gasteiger partial charge in [0.05, 0.1) is 19.6 Å². The summed E-state index contributed by atoms with van der Waals surface area (Å²) in [5, 5.41) is 19.7. The summed E-state index contributed by atoms with van der Waals surface area (Å²) in [6, 6.07) is 7.19. The third-order valence-corrected chi connectivity index (χ3v) is 2.66. The molecule has 0 aliphatic carbocycles. The van der Waals surface area contributed by atoms with E-state index in [0.717, 1.165) is 4.47 Å². The van der Waals surface area contributed by atoms with E-state index < -0.39 is 12.1 Å². The standard InChI is InChI=1S/C12H14BrNO5/c13-8-2-1-3-9(6-8)19-5-4-11(16)14-7-10(15)12(17)18/h1-3,6,10,15H,4-5,7H2,(H,14,16)(H,17,18)/t10-/m0/s1. The van der Waals surface area contributed by atoms with Gasteiger partial charge in [0.25, 0.3) is 0 Å². The lowest BCUT2D eigenvalue weighted by atomic mass is 10.3. The molecule has 0 aliphatic heterocycles. The summed E-state index contributed by atoms with van der Waals surface area (Å²) in [4.78, 5) is 21.6. The van der Waals surface area contributed by atoms with Crippen molar-refractivity contribution in [3.63, 3.8) is 0 Å². The Hall–Kier alpha value is -1.60. The first-order chi connectivity index (χ1) is 8.99. The second kappa shape index (κ2) is 7.75. The van der Waals surface area contributed by atoms with E-state index in [2.05, 4.69) is 21.2 Å². The zero-order valence-corrected chi connectivity index (χ0v) is 11.6. The predicted octanol–water partition coefficient (Wildman–Crippen LogP) is 0.780. The molecule has 1 aromatic rings. The first-order valence-corrected chi connectivity index (χ1v) is 6.34. The molecule has 3 N–H and O–H groups in total. The maximum absolute atomic E-state index is 11.3. The van der Waals surface area contributed by atoms with E-state index in [9.17, 15) is 9.59 Å². The number of aliphatic hydroxyl groups excluding tert-OH is 1. The fraction of sp³-hybridized carbons (Fsp3) is 0.333. The minimum Gasteiger partial charge on any atom is -0.493 e. The summed E-state index contributed by atoms with van der Waals surface area (Å²) in [6.07, 6.45) is -1.51. The molecule has 0 radical (unpaired) electrons. The zero-order valence-electron chi connectivity index (χ0n) is 10.0. The van der Waals surface area contributed by atoms with Gasteiger partial charge >= 0.3 is 5.97 Å². The molecule has 1 rings (SSSR count). The highest BCUT2D eigenvalue weighted by Crippen LogP contribution is 2.17. The lowest BCUT2D eigenvalue weighted by Crippen LogP contribution is -2.36. The van der Waals surface area contributed by atoms with Crippen LogP contribution in [0.1, 0.15) is 6.42 Å². The number of hydrogen-bond acceptors (Lipinski definition) is 4. The molecule has 1 aromatic carbocycles. The van der Waals surface area contributed by atoms with Crippen LogP contribution < -0.4 is 10.1 Å². The molecule has 0 saturated heterocycles. The number of ether oxygens (including phenoxy) is 1. The third kappa shape index (κ3) is 6.21. The SMILES string of the molecule is O=C(CCOc1cccc(Br)c1)NC[C@H](O)C(=O)O. The van der Waals surface area contributed by atoms with E-state index in [1.54, 1.807) is 12.1 Å². The Balaban J connectivity index is 2.22. The maximum Gasteiger partial charge on any atom is 0.334 e. The summed E-state index contributed by atoms with van der Waals surface area (Å²) in [5.41, 5.74) is 0. The molecular formula is C12H14BrNO5. The number of aliphatic carboxylic acids is 1. The highest BCUT2D eigenvalue weighted by Gasteiger charge is 2.13. The van der Waals surface area contributed by atoms with Crippen molar-refractivity contribution >= 4 is 27.8 Å². The number of carboxylic acids is 1. The van der Waals surface area contributed by atoms with Gasteiger partial charge in [-0.3, -0.25) is 4.79 Å². The number of amides is 1. The van der Waals surface area contributed by atoms with Gasteiger partial charge in [-0.1, -0.05) is 22.0 Å². The Morgan fingerprint density at radius 2 is 2.16 bits per heavy atom. The van der Waals surface area contributed by atoms with E-state index in [1.807, 2.05) is 12.1 Å². The van der Waals surface area contributed by atoms with Crippen LogP contribution in [0.5, 0.6) is 5.75 Å². The van der Waals surface area contributed by atoms with Crippen LogP contribution in [-0.4, -0.2) is 41.3 Å². The van der Waals surface area contributed by atoms with Gasteiger partial charge in [0.15, 0.2) is 6.10 Å². The Kier molecular flexibility index (Phi) is 6.31. The van der Waals surface area contributed by atoms with Crippen LogP contribution >= 0.6 is 15.9 Å². The average molecular weight is 332 g/mol. The fourth-order valence-electron chi connectivity index (χ4n) is 1.20. The molecule has 0 saturated carbocycles. The van der Waals surface area contributed by atoms with Crippen LogP contribution in [0.3, 0.4) is 0 Å². The number of aliphatic hydroxyl groups is 1. The van der Waals surface area contributed by atoms with Crippen molar-refractivity contribution in [3.8, 4) is 5.75 Å². The number of carbonyl (C=O) groups excluding carboxylic acids is 1. The average Bonchev–Trinajstić information content (AvgIpc) is 2.36. The molecule has 1 amide bonds. The number of benzene rings is 1. The molecule has 0 aromatic heterocycles. The van der Waals surface area contributed by atoms with Crippen molar-refractivity contribution in [3.05, 3.63) is 28.7 Å². The monoisotopic (exact) mass is 331 g/mol. The smallest absolute Gasteiger partial charge is 0.334 e. The second-order valence-electron chi connectivity index (χ2n) is 3.71. The number of halogens is 1. The van der Waals surface area contributed by atoms with E-state index in [0.29, 0.717) is 5.75 Å². The number of nitrogens with one attached hydrogen (secondary N) is 1. The van der Waals surface area contributed by atoms with Gasteiger partial charge in [-0.15, -0.1) is 0 Å². The molecule has 0 fully saturated rings. The second-order valence-corrected chi connectivity index (χ2v) is 4.63. The minimum absolute atomic E-state index is 0.0822. The van der Waals surface area contributed by atoms with Crippen LogP contribution in [0.2, 0.25) is 0 Å². The van der Waals surface area contributed by atoms with E-state index in [-0.39, 0.29) is 25.5 Å². The van der Waals surface area contributed by atoms with E-state index in [1.165, 1.54) is 0 Å². The van der Waals surface area contributed by atoms with Gasteiger partial charge in [-0.25, -0.2) is 4.79 Å². The quantitative estimate of drug-likeness (QED) is 0.686. The van der Waals surface area contributed by atoms with Crippen LogP contribution in [0.25, 0.3) is 0 Å². The van der Waals surface area contributed by atoms with Crippen LogP contribution in [0.4, 0.5) is 0 Å². The lowest BCUT2D eigenvalue weighted by Gasteiger charge is -2.09. The topological polar surface area (TPSA) is 95.9 Å². The zero-order chi connectivity index (χ0) is 14.3. The summed E-state index contributed by atoms with van der Waals surface area (Å²) in [7, 11) is 0. The van der Waals surface area contributed by atoms with Crippen molar-refractivity contribution in [1.82, 2.24) is 5.32 Å². The van der Waals surface area contributed by atoms with Gasteiger partial charge in [-0.05, 0) is 18.2 Å². The van der Waals surface area contributed by atoms with Crippen LogP contribution in [0, 0.1) is 0 Å². The Bertz CT molecular complexity index is 452. The van der Waals surface area contributed by atoms with Gasteiger partial charge in [0.1, 0.15) is 5.75 Å². The first-order valence-electron chi connectivity index (χ1n) is 5.55. The lowest BCUT2D eigenvalue weighted by molar-refractivity contribution is -0.146. The fourth-order valence-corrected chi connectivity index (χ4v) is 1.58. The number of carbonyl (C=O) groups is 2. The van der Waals surface area contributed by atoms with Crippen molar-refractivity contribution in [2.24, 2.45) is 0 Å². The highest BCUT2D eigenvalue weighted by atomic mass is 79.9. The van der Waals surface area contributed by atoms with Gasteiger partial charge in [0.2, 0.25) is 5.91 Å². The molecule has 1 atom stereocenters. The number of rotatable bonds is 7. The van der Waals surface area contributed by atoms with E-state index >= 15 is 0 Å². The maximum atomic E-state index is 11.3. The first kappa shape index (κ1) is 15.5. The van der Waals surface area contributed by atoms with Gasteiger partial charge < -0.3 is 20.3 Å². The van der Waals surface area contributed by atoms with Crippen molar-refractivity contribution < 1.29 is 24.5 Å². The normalized spacial score (nSPS) is 11.7. The molecule has 7 heteroatoms. The Morgan fingerprint density at radius 3 is 2.79 bits per heavy atom. The summed E-state index contributed by atoms with van der Waals surface area (Å²) < 4.78 is 6.22. The Morgan fingerprint density at radius 1 is 1.42 bits per heavy atom. The van der Waals surface area contributed by atoms with Crippen molar-refractivity contribution in [2.45, 2.75) is 12.5 Å². The van der Waals surface area contributed by atoms with Crippen molar-refractivity contribution in [2.75, 3.05) is 13.2 Å². The molecule has 104 valence electrons. The van der Waals surface area contributed by atoms with E-state index in [4.69, 9.17) is 14.9 Å². The number of carboxylic acid groups (broad SMARTS) is 1. The molecule has 0 bridgehead atoms. The largest absolute Gasteiger partial charge is 0.493 e. The van der Waals surface area contributed by atoms with Crippen LogP contribution in [0.15, 0.2) is 28.7 Å². The summed E-state index contributed by atoms with van der Waals surface area (Å²) in [5.74, 6) is -1.12. The van der Waals surface area contributed by atoms with Crippen molar-refractivity contribution in [1.29, 1.82) is 0 Å². The molecule has 6 nitrogen and oxygen atoms in total. The van der Waals surface area contributed by atoms with Gasteiger partial charge in [0, 0.05) is 4.47 Å². The van der Waals surface area contributed by atoms with Gasteiger partial charge in [-0.2, -0.15) is 0 Å². The number of hydrogen-bond donors (Lipinski definition) is 3. The molecule has 0 heterocycles. The highest BCUT2D eigenvalue weighted by molar-refractivity contribution is 9.10. The molecule has 0 spiro atoms. The summed E-state index contributed by atoms with van der Waals surface area (Å²) >= 11 is 3.29. The Labute approximate surface area is 118 Å². The molecule has 0 aliphatic rings. The molecule has 0 unspecified atom stereocenters. The molecule has 19 heavy (non-hydrogen) atoms.